The van der Waals surface area contributed by atoms with Crippen molar-refractivity contribution in [2.75, 3.05) is 11.9 Å². The molecule has 3 nitrogen and oxygen atoms in total. The number of hydrogen-bond acceptors (Lipinski definition) is 2. The zero-order chi connectivity index (χ0) is 17.2. The highest BCUT2D eigenvalue weighted by atomic mass is 16.2. The van der Waals surface area contributed by atoms with E-state index in [0.717, 1.165) is 36.2 Å². The number of fused-ring (bicyclic) bond motifs is 2. The summed E-state index contributed by atoms with van der Waals surface area (Å²) in [6.07, 6.45) is 1.94. The first-order valence-corrected chi connectivity index (χ1v) is 8.93. The van der Waals surface area contributed by atoms with Crippen LogP contribution in [0.25, 0.3) is 10.8 Å². The van der Waals surface area contributed by atoms with Crippen LogP contribution < -0.4 is 5.32 Å². The van der Waals surface area contributed by atoms with Crippen LogP contribution in [-0.2, 0) is 0 Å². The van der Waals surface area contributed by atoms with Crippen LogP contribution in [0, 0.1) is 0 Å². The van der Waals surface area contributed by atoms with E-state index in [9.17, 15) is 4.79 Å². The first-order valence-electron chi connectivity index (χ1n) is 8.93. The van der Waals surface area contributed by atoms with Gasteiger partial charge in [0.15, 0.2) is 0 Å². The lowest BCUT2D eigenvalue weighted by molar-refractivity contribution is 0.0680. The van der Waals surface area contributed by atoms with E-state index in [-0.39, 0.29) is 12.1 Å². The highest BCUT2D eigenvalue weighted by Crippen LogP contribution is 2.34. The third-order valence-corrected chi connectivity index (χ3v) is 4.86. The molecule has 0 aliphatic carbocycles. The molecule has 3 aromatic rings. The lowest BCUT2D eigenvalue weighted by Gasteiger charge is -2.38. The maximum absolute atomic E-state index is 13.1. The Balaban J connectivity index is 1.77. The van der Waals surface area contributed by atoms with Gasteiger partial charge in [0.2, 0.25) is 0 Å². The predicted octanol–water partition coefficient (Wildman–Crippen LogP) is 5.21. The molecule has 4 rings (SSSR count). The molecule has 1 aliphatic rings. The molecule has 1 heterocycles. The van der Waals surface area contributed by atoms with Crippen molar-refractivity contribution in [3.8, 4) is 0 Å². The SMILES string of the molecule is CCCCN1C(=O)c2ccccc2NC1c1ccc2ccccc2c1. The molecule has 3 heteroatoms. The number of unbranched alkanes of at least 4 members (excludes halogenated alkanes) is 1. The van der Waals surface area contributed by atoms with Crippen molar-refractivity contribution in [2.45, 2.75) is 25.9 Å². The topological polar surface area (TPSA) is 32.3 Å². The van der Waals surface area contributed by atoms with E-state index in [1.807, 2.05) is 35.2 Å². The highest BCUT2D eigenvalue weighted by Gasteiger charge is 2.32. The van der Waals surface area contributed by atoms with Crippen LogP contribution in [0.1, 0.15) is 41.9 Å². The van der Waals surface area contributed by atoms with Crippen molar-refractivity contribution < 1.29 is 4.79 Å². The van der Waals surface area contributed by atoms with Gasteiger partial charge in [-0.05, 0) is 41.0 Å². The fourth-order valence-electron chi connectivity index (χ4n) is 3.49. The molecule has 1 atom stereocenters. The van der Waals surface area contributed by atoms with E-state index < -0.39 is 0 Å². The Morgan fingerprint density at radius 2 is 1.72 bits per heavy atom. The molecule has 0 aromatic heterocycles. The summed E-state index contributed by atoms with van der Waals surface area (Å²) in [6, 6.07) is 22.6. The van der Waals surface area contributed by atoms with Crippen molar-refractivity contribution in [1.29, 1.82) is 0 Å². The Hall–Kier alpha value is -2.81. The summed E-state index contributed by atoms with van der Waals surface area (Å²) >= 11 is 0. The van der Waals surface area contributed by atoms with Crippen LogP contribution in [0.15, 0.2) is 66.7 Å². The lowest BCUT2D eigenvalue weighted by atomic mass is 10.0. The van der Waals surface area contributed by atoms with Crippen molar-refractivity contribution >= 4 is 22.4 Å². The number of benzene rings is 3. The summed E-state index contributed by atoms with van der Waals surface area (Å²) in [7, 11) is 0. The molecule has 0 fully saturated rings. The van der Waals surface area contributed by atoms with Crippen molar-refractivity contribution in [1.82, 2.24) is 4.90 Å². The standard InChI is InChI=1S/C22H22N2O/c1-2-3-14-24-21(23-20-11-7-6-10-19(20)22(24)25)18-13-12-16-8-4-5-9-17(16)15-18/h4-13,15,21,23H,2-3,14H2,1H3. The number of amides is 1. The Kier molecular flexibility index (Phi) is 4.14. The molecule has 126 valence electrons. The normalized spacial score (nSPS) is 16.6. The molecule has 3 aromatic carbocycles. The number of para-hydroxylation sites is 1. The number of nitrogens with zero attached hydrogens (tertiary/aromatic N) is 1. The molecule has 0 radical (unpaired) electrons. The number of hydrogen-bond donors (Lipinski definition) is 1. The third kappa shape index (κ3) is 2.86. The lowest BCUT2D eigenvalue weighted by Crippen LogP contribution is -2.43. The average molecular weight is 330 g/mol. The number of anilines is 1. The van der Waals surface area contributed by atoms with Gasteiger partial charge in [-0.3, -0.25) is 4.79 Å². The Morgan fingerprint density at radius 1 is 0.960 bits per heavy atom. The molecule has 1 aliphatic heterocycles. The van der Waals surface area contributed by atoms with E-state index in [1.165, 1.54) is 10.8 Å². The Bertz CT molecular complexity index is 919. The molecule has 25 heavy (non-hydrogen) atoms. The van der Waals surface area contributed by atoms with Crippen LogP contribution >= 0.6 is 0 Å². The van der Waals surface area contributed by atoms with Crippen LogP contribution in [0.4, 0.5) is 5.69 Å². The molecule has 1 N–H and O–H groups in total. The molecule has 0 saturated carbocycles. The molecule has 0 saturated heterocycles. The molecule has 0 bridgehead atoms. The van der Waals surface area contributed by atoms with Gasteiger partial charge >= 0.3 is 0 Å². The maximum Gasteiger partial charge on any atom is 0.257 e. The average Bonchev–Trinajstić information content (AvgIpc) is 2.67. The van der Waals surface area contributed by atoms with E-state index in [4.69, 9.17) is 0 Å². The van der Waals surface area contributed by atoms with Gasteiger partial charge in [0.1, 0.15) is 6.17 Å². The summed E-state index contributed by atoms with van der Waals surface area (Å²) in [5.74, 6) is 0.112. The minimum atomic E-state index is -0.126. The highest BCUT2D eigenvalue weighted by molar-refractivity contribution is 6.01. The van der Waals surface area contributed by atoms with Gasteiger partial charge in [0.25, 0.3) is 5.91 Å². The van der Waals surface area contributed by atoms with Crippen LogP contribution in [0.2, 0.25) is 0 Å². The minimum Gasteiger partial charge on any atom is -0.361 e. The van der Waals surface area contributed by atoms with E-state index >= 15 is 0 Å². The zero-order valence-electron chi connectivity index (χ0n) is 14.4. The molecular weight excluding hydrogens is 308 g/mol. The maximum atomic E-state index is 13.1. The molecule has 1 unspecified atom stereocenters. The smallest absolute Gasteiger partial charge is 0.257 e. The number of carbonyl (C=O) groups is 1. The summed E-state index contributed by atoms with van der Waals surface area (Å²) in [6.45, 7) is 2.91. The fraction of sp³-hybridized carbons (Fsp3) is 0.227. The largest absolute Gasteiger partial charge is 0.361 e. The van der Waals surface area contributed by atoms with Gasteiger partial charge in [-0.25, -0.2) is 0 Å². The van der Waals surface area contributed by atoms with Crippen LogP contribution in [-0.4, -0.2) is 17.4 Å². The minimum absolute atomic E-state index is 0.112. The van der Waals surface area contributed by atoms with Crippen LogP contribution in [0.5, 0.6) is 0 Å². The third-order valence-electron chi connectivity index (χ3n) is 4.86. The molecule has 0 spiro atoms. The molecular formula is C22H22N2O. The number of nitrogens with one attached hydrogen (secondary N) is 1. The first-order chi connectivity index (χ1) is 12.3. The van der Waals surface area contributed by atoms with E-state index in [1.54, 1.807) is 0 Å². The van der Waals surface area contributed by atoms with Gasteiger partial charge in [-0.15, -0.1) is 0 Å². The Labute approximate surface area is 148 Å². The second-order valence-electron chi connectivity index (χ2n) is 6.55. The quantitative estimate of drug-likeness (QED) is 0.712. The van der Waals surface area contributed by atoms with Gasteiger partial charge in [-0.2, -0.15) is 0 Å². The summed E-state index contributed by atoms with van der Waals surface area (Å²) < 4.78 is 0. The summed E-state index contributed by atoms with van der Waals surface area (Å²) in [5, 5.41) is 5.99. The summed E-state index contributed by atoms with van der Waals surface area (Å²) in [4.78, 5) is 15.0. The van der Waals surface area contributed by atoms with Gasteiger partial charge < -0.3 is 10.2 Å². The number of carbonyl (C=O) groups excluding carboxylic acids is 1. The number of rotatable bonds is 4. The predicted molar refractivity (Wildman–Crippen MR) is 103 cm³/mol. The van der Waals surface area contributed by atoms with Crippen molar-refractivity contribution in [3.05, 3.63) is 77.9 Å². The summed E-state index contributed by atoms with van der Waals surface area (Å²) in [5.41, 5.74) is 2.80. The van der Waals surface area contributed by atoms with Gasteiger partial charge in [-0.1, -0.05) is 61.9 Å². The van der Waals surface area contributed by atoms with E-state index in [2.05, 4.69) is 48.6 Å². The Morgan fingerprint density at radius 3 is 2.56 bits per heavy atom. The zero-order valence-corrected chi connectivity index (χ0v) is 14.4. The van der Waals surface area contributed by atoms with Crippen LogP contribution in [0.3, 0.4) is 0 Å². The second kappa shape index (κ2) is 6.60. The van der Waals surface area contributed by atoms with Gasteiger partial charge in [0, 0.05) is 12.2 Å². The second-order valence-corrected chi connectivity index (χ2v) is 6.55. The van der Waals surface area contributed by atoms with Crippen molar-refractivity contribution in [2.24, 2.45) is 0 Å². The van der Waals surface area contributed by atoms with E-state index in [0.29, 0.717) is 0 Å². The van der Waals surface area contributed by atoms with Gasteiger partial charge in [0.05, 0.1) is 5.56 Å². The van der Waals surface area contributed by atoms with Crippen molar-refractivity contribution in [3.63, 3.8) is 0 Å². The monoisotopic (exact) mass is 330 g/mol. The molecule has 1 amide bonds. The fourth-order valence-corrected chi connectivity index (χ4v) is 3.49. The first kappa shape index (κ1) is 15.7.